The van der Waals surface area contributed by atoms with E-state index >= 15 is 0 Å². The molecule has 2 saturated heterocycles. The number of anilines is 2. The van der Waals surface area contributed by atoms with E-state index in [4.69, 9.17) is 14.5 Å². The van der Waals surface area contributed by atoms with E-state index < -0.39 is 0 Å². The Balaban J connectivity index is 1.19. The molecule has 0 aliphatic carbocycles. The Morgan fingerprint density at radius 2 is 1.82 bits per heavy atom. The Kier molecular flexibility index (Phi) is 6.48. The van der Waals surface area contributed by atoms with E-state index in [2.05, 4.69) is 10.2 Å². The number of ether oxygens (including phenoxy) is 2. The highest BCUT2D eigenvalue weighted by Gasteiger charge is 2.30. The summed E-state index contributed by atoms with van der Waals surface area (Å²) in [4.78, 5) is 35.9. The average Bonchev–Trinajstić information content (AvgIpc) is 3.45. The Morgan fingerprint density at radius 1 is 1.09 bits per heavy atom. The van der Waals surface area contributed by atoms with Crippen LogP contribution in [0.1, 0.15) is 22.5 Å². The van der Waals surface area contributed by atoms with Gasteiger partial charge in [-0.05, 0) is 43.2 Å². The highest BCUT2D eigenvalue weighted by Crippen LogP contribution is 2.36. The number of amides is 2. The molecule has 0 spiro atoms. The fourth-order valence-corrected chi connectivity index (χ4v) is 6.36. The van der Waals surface area contributed by atoms with Gasteiger partial charge in [0, 0.05) is 37.8 Å². The highest BCUT2D eigenvalue weighted by atomic mass is 32.1. The molecule has 2 aliphatic heterocycles. The zero-order chi connectivity index (χ0) is 22.8. The lowest BCUT2D eigenvalue weighted by atomic mass is 9.95. The summed E-state index contributed by atoms with van der Waals surface area (Å²) in [5, 5.41) is 3.89. The molecule has 0 saturated carbocycles. The Morgan fingerprint density at radius 3 is 2.48 bits per heavy atom. The maximum absolute atomic E-state index is 12.8. The normalized spacial score (nSPS) is 17.4. The van der Waals surface area contributed by atoms with Gasteiger partial charge in [0.2, 0.25) is 5.91 Å². The number of carbonyl (C=O) groups excluding carboxylic acids is 2. The minimum absolute atomic E-state index is 0.0914. The van der Waals surface area contributed by atoms with Crippen molar-refractivity contribution < 1.29 is 19.1 Å². The molecule has 2 fully saturated rings. The minimum Gasteiger partial charge on any atom is -0.497 e. The lowest BCUT2D eigenvalue weighted by molar-refractivity contribution is -0.140. The number of carbonyl (C=O) groups is 2. The van der Waals surface area contributed by atoms with Crippen molar-refractivity contribution in [2.75, 3.05) is 56.7 Å². The fraction of sp³-hybridized carbons (Fsp3) is 0.435. The minimum atomic E-state index is -0.139. The third kappa shape index (κ3) is 4.83. The standard InChI is InChI=1S/C23H26N4O4S2/c1-30-17-4-2-16(3-5-17)24-20(28)18-14-19-21(32-18)25-23(33-19)27-8-6-15(7-9-27)22(29)26-10-12-31-13-11-26/h2-5,14-15H,6-13H2,1H3,(H,24,28). The van der Waals surface area contributed by atoms with Crippen molar-refractivity contribution in [3.63, 3.8) is 0 Å². The van der Waals surface area contributed by atoms with Crippen LogP contribution >= 0.6 is 22.7 Å². The summed E-state index contributed by atoms with van der Waals surface area (Å²) < 4.78 is 11.5. The third-order valence-corrected chi connectivity index (χ3v) is 8.31. The zero-order valence-corrected chi connectivity index (χ0v) is 20.0. The number of fused-ring (bicyclic) bond motifs is 1. The summed E-state index contributed by atoms with van der Waals surface area (Å²) in [6.07, 6.45) is 1.69. The maximum atomic E-state index is 12.8. The van der Waals surface area contributed by atoms with Gasteiger partial charge in [0.05, 0.1) is 29.9 Å². The lowest BCUT2D eigenvalue weighted by Gasteiger charge is -2.35. The number of nitrogens with zero attached hydrogens (tertiary/aromatic N) is 3. The molecule has 33 heavy (non-hydrogen) atoms. The molecule has 10 heteroatoms. The molecule has 0 bridgehead atoms. The molecular weight excluding hydrogens is 460 g/mol. The number of piperidine rings is 1. The van der Waals surface area contributed by atoms with Gasteiger partial charge in [-0.1, -0.05) is 11.3 Å². The van der Waals surface area contributed by atoms with Crippen molar-refractivity contribution in [1.82, 2.24) is 9.88 Å². The summed E-state index contributed by atoms with van der Waals surface area (Å²) in [5.41, 5.74) is 0.723. The van der Waals surface area contributed by atoms with Crippen LogP contribution in [0, 0.1) is 5.92 Å². The van der Waals surface area contributed by atoms with Crippen LogP contribution in [0.3, 0.4) is 0 Å². The molecule has 4 heterocycles. The number of benzene rings is 1. The highest BCUT2D eigenvalue weighted by molar-refractivity contribution is 7.29. The van der Waals surface area contributed by atoms with Crippen LogP contribution in [0.25, 0.3) is 9.53 Å². The van der Waals surface area contributed by atoms with Crippen LogP contribution in [-0.4, -0.2) is 68.2 Å². The number of thiophene rings is 1. The fourth-order valence-electron chi connectivity index (χ4n) is 4.20. The summed E-state index contributed by atoms with van der Waals surface area (Å²) in [7, 11) is 1.61. The first-order chi connectivity index (χ1) is 16.1. The van der Waals surface area contributed by atoms with Crippen LogP contribution in [0.2, 0.25) is 0 Å². The number of methoxy groups -OCH3 is 1. The van der Waals surface area contributed by atoms with E-state index in [0.717, 1.165) is 52.0 Å². The number of nitrogens with one attached hydrogen (secondary N) is 1. The van der Waals surface area contributed by atoms with Gasteiger partial charge < -0.3 is 24.6 Å². The van der Waals surface area contributed by atoms with E-state index in [1.54, 1.807) is 18.4 Å². The molecular formula is C23H26N4O4S2. The maximum Gasteiger partial charge on any atom is 0.265 e. The van der Waals surface area contributed by atoms with E-state index in [-0.39, 0.29) is 17.7 Å². The molecule has 2 aliphatic rings. The largest absolute Gasteiger partial charge is 0.497 e. The molecule has 2 aromatic heterocycles. The van der Waals surface area contributed by atoms with Gasteiger partial charge in [0.25, 0.3) is 5.91 Å². The van der Waals surface area contributed by atoms with Crippen LogP contribution in [0.15, 0.2) is 30.3 Å². The SMILES string of the molecule is COc1ccc(NC(=O)c2cc3sc(N4CCC(C(=O)N5CCOCC5)CC4)nc3s2)cc1. The lowest BCUT2D eigenvalue weighted by Crippen LogP contribution is -2.46. The van der Waals surface area contributed by atoms with Crippen LogP contribution in [-0.2, 0) is 9.53 Å². The Bertz CT molecular complexity index is 1100. The molecule has 3 aromatic rings. The predicted octanol–water partition coefficient (Wildman–Crippen LogP) is 3.69. The quantitative estimate of drug-likeness (QED) is 0.592. The van der Waals surface area contributed by atoms with E-state index in [0.29, 0.717) is 31.2 Å². The Hall–Kier alpha value is -2.69. The van der Waals surface area contributed by atoms with E-state index in [1.165, 1.54) is 11.3 Å². The van der Waals surface area contributed by atoms with Gasteiger partial charge >= 0.3 is 0 Å². The van der Waals surface area contributed by atoms with Gasteiger partial charge in [0.1, 0.15) is 10.6 Å². The number of thiazole rings is 1. The zero-order valence-electron chi connectivity index (χ0n) is 18.4. The van der Waals surface area contributed by atoms with Gasteiger partial charge in [-0.3, -0.25) is 9.59 Å². The third-order valence-electron chi connectivity index (χ3n) is 6.09. The second-order valence-corrected chi connectivity index (χ2v) is 10.2. The number of hydrogen-bond acceptors (Lipinski definition) is 8. The first-order valence-corrected chi connectivity index (χ1v) is 12.7. The van der Waals surface area contributed by atoms with E-state index in [1.807, 2.05) is 35.2 Å². The predicted molar refractivity (Wildman–Crippen MR) is 131 cm³/mol. The van der Waals surface area contributed by atoms with E-state index in [9.17, 15) is 9.59 Å². The summed E-state index contributed by atoms with van der Waals surface area (Å²) >= 11 is 3.01. The van der Waals surface area contributed by atoms with Crippen molar-refractivity contribution >= 4 is 54.8 Å². The number of rotatable bonds is 5. The topological polar surface area (TPSA) is 84.0 Å². The second kappa shape index (κ2) is 9.66. The number of aromatic nitrogens is 1. The van der Waals surface area contributed by atoms with Gasteiger partial charge in [0.15, 0.2) is 5.13 Å². The smallest absolute Gasteiger partial charge is 0.265 e. The van der Waals surface area contributed by atoms with Crippen LogP contribution < -0.4 is 15.0 Å². The van der Waals surface area contributed by atoms with Gasteiger partial charge in [-0.15, -0.1) is 11.3 Å². The van der Waals surface area contributed by atoms with Crippen LogP contribution in [0.5, 0.6) is 5.75 Å². The number of morpholine rings is 1. The second-order valence-electron chi connectivity index (χ2n) is 8.16. The summed E-state index contributed by atoms with van der Waals surface area (Å²) in [6.45, 7) is 4.34. The van der Waals surface area contributed by atoms with Crippen molar-refractivity contribution in [1.29, 1.82) is 0 Å². The molecule has 1 aromatic carbocycles. The van der Waals surface area contributed by atoms with Crippen molar-refractivity contribution in [3.05, 3.63) is 35.2 Å². The first kappa shape index (κ1) is 22.1. The number of hydrogen-bond donors (Lipinski definition) is 1. The van der Waals surface area contributed by atoms with Crippen molar-refractivity contribution in [3.8, 4) is 5.75 Å². The monoisotopic (exact) mass is 486 g/mol. The molecule has 1 N–H and O–H groups in total. The molecule has 174 valence electrons. The molecule has 0 atom stereocenters. The molecule has 5 rings (SSSR count). The first-order valence-electron chi connectivity index (χ1n) is 11.1. The average molecular weight is 487 g/mol. The molecule has 0 unspecified atom stereocenters. The van der Waals surface area contributed by atoms with Crippen LogP contribution in [0.4, 0.5) is 10.8 Å². The van der Waals surface area contributed by atoms with Crippen molar-refractivity contribution in [2.24, 2.45) is 5.92 Å². The summed E-state index contributed by atoms with van der Waals surface area (Å²) in [6, 6.07) is 9.17. The Labute approximate surface area is 200 Å². The van der Waals surface area contributed by atoms with Gasteiger partial charge in [-0.25, -0.2) is 4.98 Å². The van der Waals surface area contributed by atoms with Gasteiger partial charge in [-0.2, -0.15) is 0 Å². The molecule has 2 amide bonds. The summed E-state index contributed by atoms with van der Waals surface area (Å²) in [5.74, 6) is 0.967. The molecule has 0 radical (unpaired) electrons. The molecule has 8 nitrogen and oxygen atoms in total. The van der Waals surface area contributed by atoms with Crippen molar-refractivity contribution in [2.45, 2.75) is 12.8 Å².